The van der Waals surface area contributed by atoms with E-state index >= 15 is 0 Å². The van der Waals surface area contributed by atoms with Crippen LogP contribution in [0.1, 0.15) is 17.5 Å². The van der Waals surface area contributed by atoms with Gasteiger partial charge in [-0.15, -0.1) is 0 Å². The van der Waals surface area contributed by atoms with Gasteiger partial charge in [0, 0.05) is 22.6 Å². The molecule has 0 radical (unpaired) electrons. The average Bonchev–Trinajstić information content (AvgIpc) is 2.58. The Balaban J connectivity index is 2.03. The molecule has 2 N–H and O–H groups in total. The van der Waals surface area contributed by atoms with E-state index in [-0.39, 0.29) is 24.2 Å². The molecular formula is C19H21NO4. The minimum atomic E-state index is -0.532. The molecule has 1 aromatic carbocycles. The Bertz CT molecular complexity index is 795. The van der Waals surface area contributed by atoms with Crippen LogP contribution in [0.15, 0.2) is 35.4 Å². The highest BCUT2D eigenvalue weighted by atomic mass is 16.5. The van der Waals surface area contributed by atoms with Gasteiger partial charge < -0.3 is 14.9 Å². The van der Waals surface area contributed by atoms with Crippen molar-refractivity contribution >= 4 is 5.78 Å². The Morgan fingerprint density at radius 1 is 1.42 bits per heavy atom. The van der Waals surface area contributed by atoms with E-state index in [0.717, 1.165) is 36.1 Å². The lowest BCUT2D eigenvalue weighted by Gasteiger charge is -2.52. The first-order chi connectivity index (χ1) is 11.5. The van der Waals surface area contributed by atoms with Gasteiger partial charge in [0.1, 0.15) is 0 Å². The molecule has 0 aromatic heterocycles. The molecule has 1 fully saturated rings. The van der Waals surface area contributed by atoms with Crippen LogP contribution < -0.4 is 4.74 Å². The smallest absolute Gasteiger partial charge is 0.183 e. The van der Waals surface area contributed by atoms with E-state index in [1.54, 1.807) is 12.1 Å². The zero-order valence-electron chi connectivity index (χ0n) is 13.9. The fourth-order valence-electron chi connectivity index (χ4n) is 4.56. The normalized spacial score (nSPS) is 28.6. The van der Waals surface area contributed by atoms with Crippen molar-refractivity contribution in [2.75, 3.05) is 27.3 Å². The van der Waals surface area contributed by atoms with E-state index in [0.29, 0.717) is 11.3 Å². The quantitative estimate of drug-likeness (QED) is 0.857. The largest absolute Gasteiger partial charge is 0.504 e. The minimum absolute atomic E-state index is 0.130. The molecule has 2 atom stereocenters. The van der Waals surface area contributed by atoms with E-state index in [1.165, 1.54) is 7.11 Å². The number of methoxy groups -OCH3 is 1. The second-order valence-corrected chi connectivity index (χ2v) is 6.86. The highest BCUT2D eigenvalue weighted by Gasteiger charge is 2.51. The maximum absolute atomic E-state index is 12.3. The van der Waals surface area contributed by atoms with Gasteiger partial charge in [0.25, 0.3) is 0 Å². The molecular weight excluding hydrogens is 306 g/mol. The summed E-state index contributed by atoms with van der Waals surface area (Å²) >= 11 is 0. The first-order valence-corrected chi connectivity index (χ1v) is 8.20. The van der Waals surface area contributed by atoms with Crippen LogP contribution in [0.2, 0.25) is 0 Å². The number of fused-ring (bicyclic) bond motifs is 1. The summed E-state index contributed by atoms with van der Waals surface area (Å²) in [4.78, 5) is 14.6. The van der Waals surface area contributed by atoms with Crippen molar-refractivity contribution < 1.29 is 19.7 Å². The molecule has 0 amide bonds. The molecule has 2 aliphatic carbocycles. The summed E-state index contributed by atoms with van der Waals surface area (Å²) in [5, 5.41) is 20.4. The highest BCUT2D eigenvalue weighted by molar-refractivity contribution is 6.07. The van der Waals surface area contributed by atoms with E-state index in [9.17, 15) is 15.0 Å². The van der Waals surface area contributed by atoms with Crippen molar-refractivity contribution in [1.29, 1.82) is 0 Å². The highest BCUT2D eigenvalue weighted by Crippen LogP contribution is 2.55. The van der Waals surface area contributed by atoms with Crippen molar-refractivity contribution in [3.05, 3.63) is 46.6 Å². The number of likely N-dealkylation sites (tertiary alicyclic amines) is 1. The molecule has 1 saturated heterocycles. The summed E-state index contributed by atoms with van der Waals surface area (Å²) < 4.78 is 5.30. The molecule has 4 rings (SSSR count). The maximum Gasteiger partial charge on any atom is 0.183 e. The van der Waals surface area contributed by atoms with Gasteiger partial charge in [-0.1, -0.05) is 12.1 Å². The second kappa shape index (κ2) is 5.19. The van der Waals surface area contributed by atoms with Gasteiger partial charge in [-0.05, 0) is 49.7 Å². The molecule has 0 spiro atoms. The van der Waals surface area contributed by atoms with Crippen LogP contribution in [-0.4, -0.2) is 54.2 Å². The van der Waals surface area contributed by atoms with Crippen LogP contribution in [-0.2, 0) is 16.6 Å². The lowest BCUT2D eigenvalue weighted by molar-refractivity contribution is -0.112. The number of aromatic hydroxyl groups is 1. The van der Waals surface area contributed by atoms with Crippen molar-refractivity contribution in [2.24, 2.45) is 0 Å². The number of ether oxygens (including phenoxy) is 1. The van der Waals surface area contributed by atoms with E-state index in [1.807, 2.05) is 12.1 Å². The van der Waals surface area contributed by atoms with E-state index < -0.39 is 5.41 Å². The summed E-state index contributed by atoms with van der Waals surface area (Å²) in [5.74, 6) is 0.455. The number of carbonyl (C=O) groups excluding carboxylic acids is 1. The van der Waals surface area contributed by atoms with Crippen LogP contribution >= 0.6 is 0 Å². The molecule has 0 unspecified atom stereocenters. The second-order valence-electron chi connectivity index (χ2n) is 6.86. The lowest BCUT2D eigenvalue weighted by Crippen LogP contribution is -2.54. The first-order valence-electron chi connectivity index (χ1n) is 8.20. The fourth-order valence-corrected chi connectivity index (χ4v) is 4.56. The van der Waals surface area contributed by atoms with Gasteiger partial charge in [-0.3, -0.25) is 9.69 Å². The van der Waals surface area contributed by atoms with Crippen LogP contribution in [0.3, 0.4) is 0 Å². The Labute approximate surface area is 140 Å². The first kappa shape index (κ1) is 15.4. The number of likely N-dealkylation sites (N-methyl/N-ethyl adjacent to an activating group) is 1. The van der Waals surface area contributed by atoms with E-state index in [4.69, 9.17) is 4.74 Å². The predicted molar refractivity (Wildman–Crippen MR) is 89.3 cm³/mol. The summed E-state index contributed by atoms with van der Waals surface area (Å²) in [5.41, 5.74) is 2.79. The van der Waals surface area contributed by atoms with Gasteiger partial charge in [-0.2, -0.15) is 0 Å². The Morgan fingerprint density at radius 3 is 2.92 bits per heavy atom. The third-order valence-electron chi connectivity index (χ3n) is 5.77. The van der Waals surface area contributed by atoms with Crippen molar-refractivity contribution in [2.45, 2.75) is 24.3 Å². The zero-order valence-corrected chi connectivity index (χ0v) is 13.9. The number of aliphatic hydroxyl groups excluding tert-OH is 1. The Morgan fingerprint density at radius 2 is 2.21 bits per heavy atom. The standard InChI is InChI=1S/C19H21NO4/c1-20-6-5-19-9-12(10-21)15(22)8-13(19)14(20)7-11-3-4-16(24-2)18(23)17(11)19/h3-4,8-9,14,21,23H,5-7,10H2,1-2H3/t14-,19+/m1/s1. The number of hydrogen-bond donors (Lipinski definition) is 2. The van der Waals surface area contributed by atoms with Gasteiger partial charge in [-0.25, -0.2) is 0 Å². The molecule has 126 valence electrons. The van der Waals surface area contributed by atoms with Crippen molar-refractivity contribution in [3.8, 4) is 11.5 Å². The van der Waals surface area contributed by atoms with Crippen LogP contribution in [0.5, 0.6) is 11.5 Å². The SMILES string of the molecule is COc1ccc2c(c1O)[C@@]13C=C(CO)C(=O)C=C1[C@@H](C2)N(C)CC3. The molecule has 3 aliphatic rings. The number of hydrogen-bond acceptors (Lipinski definition) is 5. The molecule has 1 aliphatic heterocycles. The minimum Gasteiger partial charge on any atom is -0.504 e. The number of nitrogens with zero attached hydrogens (tertiary/aromatic N) is 1. The predicted octanol–water partition coefficient (Wildman–Crippen LogP) is 1.33. The third kappa shape index (κ3) is 1.85. The number of carbonyl (C=O) groups is 1. The molecule has 1 heterocycles. The molecule has 5 heteroatoms. The third-order valence-corrected chi connectivity index (χ3v) is 5.77. The van der Waals surface area contributed by atoms with Gasteiger partial charge in [0.15, 0.2) is 17.3 Å². The lowest BCUT2D eigenvalue weighted by atomic mass is 9.58. The van der Waals surface area contributed by atoms with Crippen LogP contribution in [0, 0.1) is 0 Å². The Kier molecular flexibility index (Phi) is 3.34. The molecule has 1 aromatic rings. The topological polar surface area (TPSA) is 70.0 Å². The summed E-state index contributed by atoms with van der Waals surface area (Å²) in [7, 11) is 3.61. The number of phenols is 1. The summed E-state index contributed by atoms with van der Waals surface area (Å²) in [6, 6.07) is 3.93. The van der Waals surface area contributed by atoms with Crippen molar-refractivity contribution in [3.63, 3.8) is 0 Å². The summed E-state index contributed by atoms with van der Waals surface area (Å²) in [6.07, 6.45) is 5.07. The number of aliphatic hydroxyl groups is 1. The summed E-state index contributed by atoms with van der Waals surface area (Å²) in [6.45, 7) is 0.576. The molecule has 0 saturated carbocycles. The molecule has 2 bridgehead atoms. The van der Waals surface area contributed by atoms with E-state index in [2.05, 4.69) is 11.9 Å². The number of benzene rings is 1. The van der Waals surface area contributed by atoms with Gasteiger partial charge >= 0.3 is 0 Å². The number of allylic oxidation sites excluding steroid dienone is 2. The number of piperidine rings is 1. The molecule has 5 nitrogen and oxygen atoms in total. The van der Waals surface area contributed by atoms with Crippen LogP contribution in [0.4, 0.5) is 0 Å². The van der Waals surface area contributed by atoms with Gasteiger partial charge in [0.05, 0.1) is 13.7 Å². The fraction of sp³-hybridized carbons (Fsp3) is 0.421. The number of ketones is 1. The monoisotopic (exact) mass is 327 g/mol. The zero-order chi connectivity index (χ0) is 17.1. The van der Waals surface area contributed by atoms with Gasteiger partial charge in [0.2, 0.25) is 0 Å². The maximum atomic E-state index is 12.3. The molecule has 24 heavy (non-hydrogen) atoms. The van der Waals surface area contributed by atoms with Crippen LogP contribution in [0.25, 0.3) is 0 Å². The Hall–Kier alpha value is -2.11. The average molecular weight is 327 g/mol. The number of phenolic OH excluding ortho intramolecular Hbond substituents is 1. The van der Waals surface area contributed by atoms with Crippen molar-refractivity contribution in [1.82, 2.24) is 4.90 Å². The number of rotatable bonds is 2.